The molecule has 152 valence electrons. The molecule has 3 aromatic heterocycles. The minimum absolute atomic E-state index is 0.0678. The molecule has 0 saturated carbocycles. The Balaban J connectivity index is 1.24. The number of ether oxygens (including phenoxy) is 2. The second-order valence-corrected chi connectivity index (χ2v) is 7.13. The lowest BCUT2D eigenvalue weighted by molar-refractivity contribution is -0.121. The van der Waals surface area contributed by atoms with Crippen molar-refractivity contribution in [3.05, 3.63) is 70.8 Å². The van der Waals surface area contributed by atoms with Gasteiger partial charge >= 0.3 is 0 Å². The maximum atomic E-state index is 12.9. The highest BCUT2D eigenvalue weighted by Crippen LogP contribution is 2.32. The van der Waals surface area contributed by atoms with E-state index >= 15 is 0 Å². The molecule has 0 radical (unpaired) electrons. The van der Waals surface area contributed by atoms with Gasteiger partial charge in [-0.05, 0) is 48.4 Å². The van der Waals surface area contributed by atoms with E-state index in [0.717, 1.165) is 16.8 Å². The van der Waals surface area contributed by atoms with Crippen molar-refractivity contribution in [2.24, 2.45) is 0 Å². The van der Waals surface area contributed by atoms with E-state index in [4.69, 9.17) is 9.47 Å². The van der Waals surface area contributed by atoms with Crippen LogP contribution in [-0.4, -0.2) is 26.7 Å². The maximum absolute atomic E-state index is 12.9. The van der Waals surface area contributed by atoms with Crippen LogP contribution in [-0.2, 0) is 17.9 Å². The van der Waals surface area contributed by atoms with E-state index in [9.17, 15) is 9.59 Å². The number of nitrogens with zero attached hydrogens (tertiary/aromatic N) is 3. The molecule has 1 amide bonds. The van der Waals surface area contributed by atoms with Crippen molar-refractivity contribution in [1.29, 1.82) is 0 Å². The van der Waals surface area contributed by atoms with Crippen molar-refractivity contribution in [2.75, 3.05) is 6.79 Å². The minimum Gasteiger partial charge on any atom is -0.454 e. The van der Waals surface area contributed by atoms with Gasteiger partial charge in [0.05, 0.1) is 5.52 Å². The molecule has 8 heteroatoms. The summed E-state index contributed by atoms with van der Waals surface area (Å²) in [6, 6.07) is 13.0. The largest absolute Gasteiger partial charge is 0.454 e. The summed E-state index contributed by atoms with van der Waals surface area (Å²) >= 11 is 0. The number of fused-ring (bicyclic) bond motifs is 4. The molecular weight excluding hydrogens is 384 g/mol. The number of pyridine rings is 1. The number of aromatic nitrogens is 3. The van der Waals surface area contributed by atoms with E-state index in [2.05, 4.69) is 10.3 Å². The monoisotopic (exact) mass is 404 g/mol. The van der Waals surface area contributed by atoms with Crippen molar-refractivity contribution in [2.45, 2.75) is 25.9 Å². The number of hydrogen-bond donors (Lipinski definition) is 1. The van der Waals surface area contributed by atoms with Gasteiger partial charge in [-0.3, -0.25) is 14.2 Å². The third-order valence-corrected chi connectivity index (χ3v) is 5.21. The fourth-order valence-corrected chi connectivity index (χ4v) is 3.73. The Morgan fingerprint density at radius 1 is 1.10 bits per heavy atom. The van der Waals surface area contributed by atoms with Gasteiger partial charge in [-0.1, -0.05) is 6.07 Å². The van der Waals surface area contributed by atoms with Crippen LogP contribution < -0.4 is 20.3 Å². The summed E-state index contributed by atoms with van der Waals surface area (Å²) in [4.78, 5) is 29.5. The molecule has 0 unspecified atom stereocenters. The van der Waals surface area contributed by atoms with Crippen LogP contribution in [0.25, 0.3) is 16.7 Å². The van der Waals surface area contributed by atoms with E-state index < -0.39 is 0 Å². The minimum atomic E-state index is -0.105. The van der Waals surface area contributed by atoms with Crippen molar-refractivity contribution in [3.63, 3.8) is 0 Å². The second kappa shape index (κ2) is 7.55. The van der Waals surface area contributed by atoms with Crippen LogP contribution in [0.1, 0.15) is 18.4 Å². The zero-order chi connectivity index (χ0) is 20.5. The lowest BCUT2D eigenvalue weighted by Gasteiger charge is -2.11. The van der Waals surface area contributed by atoms with Crippen LogP contribution in [0.4, 0.5) is 0 Å². The smallest absolute Gasteiger partial charge is 0.276 e. The molecule has 1 aromatic carbocycles. The van der Waals surface area contributed by atoms with Crippen molar-refractivity contribution < 1.29 is 14.3 Å². The zero-order valence-corrected chi connectivity index (χ0v) is 16.2. The van der Waals surface area contributed by atoms with Crippen molar-refractivity contribution in [3.8, 4) is 11.5 Å². The first-order chi connectivity index (χ1) is 14.7. The molecule has 4 heterocycles. The Hall–Kier alpha value is -3.81. The number of aryl methyl sites for hydroxylation is 1. The summed E-state index contributed by atoms with van der Waals surface area (Å²) in [6.07, 6.45) is 4.38. The number of nitrogens with one attached hydrogen (secondary N) is 1. The number of carbonyl (C=O) groups is 1. The topological polar surface area (TPSA) is 86.9 Å². The predicted octanol–water partition coefficient (Wildman–Crippen LogP) is 2.47. The Kier molecular flexibility index (Phi) is 4.59. The lowest BCUT2D eigenvalue weighted by Crippen LogP contribution is -2.26. The molecule has 4 aromatic rings. The van der Waals surface area contributed by atoms with Gasteiger partial charge in [-0.15, -0.1) is 0 Å². The van der Waals surface area contributed by atoms with Crippen molar-refractivity contribution >= 4 is 22.6 Å². The number of hydrogen-bond acceptors (Lipinski definition) is 5. The van der Waals surface area contributed by atoms with Crippen LogP contribution in [0.5, 0.6) is 11.5 Å². The first kappa shape index (κ1) is 18.2. The molecule has 30 heavy (non-hydrogen) atoms. The summed E-state index contributed by atoms with van der Waals surface area (Å²) in [6.45, 7) is 1.06. The summed E-state index contributed by atoms with van der Waals surface area (Å²) in [5.41, 5.74) is 2.92. The highest BCUT2D eigenvalue weighted by Gasteiger charge is 2.14. The van der Waals surface area contributed by atoms with E-state index in [1.165, 1.54) is 0 Å². The van der Waals surface area contributed by atoms with Crippen LogP contribution >= 0.6 is 0 Å². The molecule has 0 saturated heterocycles. The highest BCUT2D eigenvalue weighted by molar-refractivity contribution is 5.76. The first-order valence-electron chi connectivity index (χ1n) is 9.80. The molecule has 0 spiro atoms. The molecule has 1 N–H and O–H groups in total. The molecule has 5 rings (SSSR count). The molecule has 0 atom stereocenters. The fraction of sp³-hybridized carbons (Fsp3) is 0.227. The summed E-state index contributed by atoms with van der Waals surface area (Å²) in [5, 5.41) is 2.91. The number of rotatable bonds is 6. The Morgan fingerprint density at radius 3 is 2.90 bits per heavy atom. The lowest BCUT2D eigenvalue weighted by atomic mass is 10.2. The number of benzene rings is 1. The van der Waals surface area contributed by atoms with Gasteiger partial charge in [-0.2, -0.15) is 0 Å². The van der Waals surface area contributed by atoms with E-state index in [-0.39, 0.29) is 18.3 Å². The van der Waals surface area contributed by atoms with Crippen LogP contribution in [0.15, 0.2) is 59.7 Å². The second-order valence-electron chi connectivity index (χ2n) is 7.13. The quantitative estimate of drug-likeness (QED) is 0.534. The van der Waals surface area contributed by atoms with Gasteiger partial charge in [0.2, 0.25) is 12.7 Å². The molecule has 1 aliphatic heterocycles. The average molecular weight is 404 g/mol. The molecule has 0 fully saturated rings. The van der Waals surface area contributed by atoms with Crippen molar-refractivity contribution in [1.82, 2.24) is 19.3 Å². The number of amides is 1. The third kappa shape index (κ3) is 3.26. The molecule has 8 nitrogen and oxygen atoms in total. The SMILES string of the molecule is O=C(CCCn1c(=O)c2cccn2c2cccnc21)NCc1ccc2c(c1)OCO2. The highest BCUT2D eigenvalue weighted by atomic mass is 16.7. The number of carbonyl (C=O) groups excluding carboxylic acids is 1. The summed E-state index contributed by atoms with van der Waals surface area (Å²) in [5.74, 6) is 1.35. The fourth-order valence-electron chi connectivity index (χ4n) is 3.73. The third-order valence-electron chi connectivity index (χ3n) is 5.21. The van der Waals surface area contributed by atoms with Crippen LogP contribution in [0.3, 0.4) is 0 Å². The van der Waals surface area contributed by atoms with Gasteiger partial charge in [0.1, 0.15) is 5.52 Å². The Bertz CT molecular complexity index is 1310. The summed E-state index contributed by atoms with van der Waals surface area (Å²) in [7, 11) is 0. The van der Waals surface area contributed by atoms with E-state index in [0.29, 0.717) is 42.8 Å². The zero-order valence-electron chi connectivity index (χ0n) is 16.2. The molecule has 0 bridgehead atoms. The van der Waals surface area contributed by atoms with Crippen LogP contribution in [0.2, 0.25) is 0 Å². The first-order valence-corrected chi connectivity index (χ1v) is 9.80. The Morgan fingerprint density at radius 2 is 1.97 bits per heavy atom. The van der Waals surface area contributed by atoms with E-state index in [1.807, 2.05) is 47.0 Å². The average Bonchev–Trinajstić information content (AvgIpc) is 3.44. The predicted molar refractivity (Wildman–Crippen MR) is 111 cm³/mol. The molecular formula is C22H20N4O4. The van der Waals surface area contributed by atoms with Gasteiger partial charge < -0.3 is 19.2 Å². The van der Waals surface area contributed by atoms with E-state index in [1.54, 1.807) is 16.8 Å². The summed E-state index contributed by atoms with van der Waals surface area (Å²) < 4.78 is 14.1. The van der Waals surface area contributed by atoms with Gasteiger partial charge in [0.15, 0.2) is 17.1 Å². The maximum Gasteiger partial charge on any atom is 0.276 e. The normalized spacial score (nSPS) is 12.5. The Labute approximate surface area is 171 Å². The van der Waals surface area contributed by atoms with Gasteiger partial charge in [0, 0.05) is 31.9 Å². The molecule has 0 aliphatic carbocycles. The molecule has 1 aliphatic rings. The van der Waals surface area contributed by atoms with Gasteiger partial charge in [-0.25, -0.2) is 4.98 Å². The van der Waals surface area contributed by atoms with Gasteiger partial charge in [0.25, 0.3) is 5.56 Å². The van der Waals surface area contributed by atoms with Crippen LogP contribution in [0, 0.1) is 0 Å². The standard InChI is InChI=1S/C22H20N4O4/c27-20(24-13-15-7-8-18-19(12-15)30-14-29-18)6-3-11-26-21-16(4-1-9-23-21)25-10-2-5-17(25)22(26)28/h1-2,4-5,7-10,12H,3,6,11,13-14H2,(H,24,27).